The van der Waals surface area contributed by atoms with Gasteiger partial charge in [0.05, 0.1) is 24.3 Å². The van der Waals surface area contributed by atoms with Gasteiger partial charge in [0.2, 0.25) is 0 Å². The maximum absolute atomic E-state index is 7.41. The van der Waals surface area contributed by atoms with E-state index in [1.54, 1.807) is 6.33 Å². The van der Waals surface area contributed by atoms with Gasteiger partial charge in [-0.2, -0.15) is 0 Å². The van der Waals surface area contributed by atoms with Crippen molar-refractivity contribution in [3.8, 4) is 0 Å². The van der Waals surface area contributed by atoms with Gasteiger partial charge in [-0.05, 0) is 28.6 Å². The minimum Gasteiger partial charge on any atom is -0.414 e. The number of aromatic nitrogens is 4. The first kappa shape index (κ1) is 30.3. The molecule has 0 radical (unpaired) electrons. The first-order valence-corrected chi connectivity index (χ1v) is 20.2. The number of anilines is 1. The van der Waals surface area contributed by atoms with Crippen LogP contribution in [0.5, 0.6) is 0 Å². The van der Waals surface area contributed by atoms with Crippen LogP contribution in [-0.4, -0.2) is 66.5 Å². The monoisotopic (exact) mass is 599 g/mol. The lowest BCUT2D eigenvalue weighted by Crippen LogP contribution is -2.65. The largest absolute Gasteiger partial charge is 0.414 e. The van der Waals surface area contributed by atoms with Crippen LogP contribution in [0.3, 0.4) is 0 Å². The Morgan fingerprint density at radius 3 is 2.26 bits per heavy atom. The van der Waals surface area contributed by atoms with Crippen LogP contribution in [0.15, 0.2) is 12.7 Å². The zero-order valence-corrected chi connectivity index (χ0v) is 27.8. The van der Waals surface area contributed by atoms with Gasteiger partial charge >= 0.3 is 17.1 Å². The smallest absolute Gasteiger partial charge is 0.335 e. The van der Waals surface area contributed by atoms with Crippen molar-refractivity contribution in [1.29, 1.82) is 0 Å². The van der Waals surface area contributed by atoms with Gasteiger partial charge in [0.1, 0.15) is 17.9 Å². The van der Waals surface area contributed by atoms with Crippen molar-refractivity contribution in [2.75, 3.05) is 18.1 Å². The zero-order valence-electron chi connectivity index (χ0n) is 24.2. The predicted octanol–water partition coefficient (Wildman–Crippen LogP) is 6.42. The van der Waals surface area contributed by atoms with Crippen LogP contribution in [0.25, 0.3) is 11.2 Å². The van der Waals surface area contributed by atoms with Gasteiger partial charge in [-0.3, -0.25) is 4.57 Å². The fourth-order valence-electron chi connectivity index (χ4n) is 5.72. The molecule has 2 fully saturated rings. The molecule has 2 aromatic heterocycles. The Morgan fingerprint density at radius 2 is 1.66 bits per heavy atom. The second-order valence-corrected chi connectivity index (χ2v) is 23.1. The van der Waals surface area contributed by atoms with Crippen molar-refractivity contribution < 1.29 is 17.7 Å². The number of rotatable bonds is 9. The lowest BCUT2D eigenvalue weighted by Gasteiger charge is -2.51. The van der Waals surface area contributed by atoms with Gasteiger partial charge in [0, 0.05) is 5.75 Å². The summed E-state index contributed by atoms with van der Waals surface area (Å²) in [4.78, 5) is 13.2. The molecule has 2 aliphatic heterocycles. The van der Waals surface area contributed by atoms with Crippen LogP contribution in [0.2, 0.25) is 22.2 Å². The van der Waals surface area contributed by atoms with Gasteiger partial charge in [-0.15, -0.1) is 0 Å². The van der Waals surface area contributed by atoms with E-state index in [0.717, 1.165) is 12.2 Å². The number of hydrogen-bond acceptors (Lipinski definition) is 10. The molecule has 0 aliphatic carbocycles. The number of nitrogens with two attached hydrogens (primary N) is 1. The number of imidazole rings is 1. The molecule has 0 unspecified atom stereocenters. The highest BCUT2D eigenvalue weighted by Crippen LogP contribution is 2.52. The normalized spacial score (nSPS) is 27.4. The third kappa shape index (κ3) is 5.33. The van der Waals surface area contributed by atoms with Crippen molar-refractivity contribution in [2.45, 2.75) is 115 Å². The van der Waals surface area contributed by atoms with E-state index in [-0.39, 0.29) is 45.9 Å². The summed E-state index contributed by atoms with van der Waals surface area (Å²) in [6.07, 6.45) is 3.60. The highest BCUT2D eigenvalue weighted by Gasteiger charge is 2.62. The Kier molecular flexibility index (Phi) is 9.61. The molecule has 13 heteroatoms. The number of fused-ring (bicyclic) bond motifs is 2. The summed E-state index contributed by atoms with van der Waals surface area (Å²) in [6.45, 7) is 20.6. The standard InChI is InChI=1S/C25H45N5O4S2Si2/c1-10-11-35-36-22-21-19(32-25(22)30-14-29-20-23(26)27-13-28-24(20)30)12-31-37(15(2)3,16(4)5)34-38(33-21,17(6)7)18(8)9/h13-19,21-22,25H,10-12H2,1-9H3,(H2,26,27,28)/t19-,21-,22+,25-/m1/s1. The average molecular weight is 600 g/mol. The summed E-state index contributed by atoms with van der Waals surface area (Å²) in [6, 6.07) is 0. The lowest BCUT2D eigenvalue weighted by atomic mass is 10.2. The fraction of sp³-hybridized carbons (Fsp3) is 0.800. The summed E-state index contributed by atoms with van der Waals surface area (Å²) in [5.74, 6) is 1.41. The molecule has 4 rings (SSSR count). The Hall–Kier alpha value is -0.676. The van der Waals surface area contributed by atoms with Crippen LogP contribution >= 0.6 is 21.6 Å². The van der Waals surface area contributed by atoms with E-state index in [1.807, 2.05) is 26.2 Å². The summed E-state index contributed by atoms with van der Waals surface area (Å²) in [5.41, 5.74) is 8.45. The predicted molar refractivity (Wildman–Crippen MR) is 162 cm³/mol. The number of nitrogen functional groups attached to an aromatic ring is 1. The molecule has 214 valence electrons. The molecule has 9 nitrogen and oxygen atoms in total. The second kappa shape index (κ2) is 12.1. The number of ether oxygens (including phenoxy) is 1. The van der Waals surface area contributed by atoms with Gasteiger partial charge in [-0.1, -0.05) is 83.9 Å². The summed E-state index contributed by atoms with van der Waals surface area (Å²) >= 11 is 0. The van der Waals surface area contributed by atoms with Crippen molar-refractivity contribution in [1.82, 2.24) is 19.5 Å². The van der Waals surface area contributed by atoms with Gasteiger partial charge in [0.25, 0.3) is 0 Å². The van der Waals surface area contributed by atoms with E-state index in [9.17, 15) is 0 Å². The first-order chi connectivity index (χ1) is 18.0. The summed E-state index contributed by atoms with van der Waals surface area (Å²) < 4.78 is 30.7. The quantitative estimate of drug-likeness (QED) is 0.197. The first-order valence-electron chi connectivity index (χ1n) is 13.9. The molecule has 0 amide bonds. The maximum atomic E-state index is 7.41. The van der Waals surface area contributed by atoms with E-state index in [1.165, 1.54) is 6.33 Å². The molecule has 2 aliphatic rings. The van der Waals surface area contributed by atoms with E-state index in [2.05, 4.69) is 77.3 Å². The average Bonchev–Trinajstić information content (AvgIpc) is 3.41. The van der Waals surface area contributed by atoms with Gasteiger partial charge in [0.15, 0.2) is 17.7 Å². The Labute approximate surface area is 237 Å². The number of hydrogen-bond donors (Lipinski definition) is 1. The Bertz CT molecular complexity index is 1070. The summed E-state index contributed by atoms with van der Waals surface area (Å²) in [7, 11) is -1.72. The molecule has 0 aromatic carbocycles. The molecule has 0 bridgehead atoms. The molecule has 4 heterocycles. The molecular formula is C25H45N5O4S2Si2. The number of nitrogens with zero attached hydrogens (tertiary/aromatic N) is 4. The van der Waals surface area contributed by atoms with Crippen molar-refractivity contribution in [3.05, 3.63) is 12.7 Å². The molecule has 4 atom stereocenters. The van der Waals surface area contributed by atoms with Crippen LogP contribution in [-0.2, 0) is 17.7 Å². The van der Waals surface area contributed by atoms with E-state index in [0.29, 0.717) is 23.6 Å². The highest BCUT2D eigenvalue weighted by molar-refractivity contribution is 8.77. The molecule has 2 N–H and O–H groups in total. The Morgan fingerprint density at radius 1 is 1.00 bits per heavy atom. The molecule has 38 heavy (non-hydrogen) atoms. The van der Waals surface area contributed by atoms with E-state index in [4.69, 9.17) is 23.4 Å². The van der Waals surface area contributed by atoms with Crippen molar-refractivity contribution in [3.63, 3.8) is 0 Å². The molecular weight excluding hydrogens is 555 g/mol. The van der Waals surface area contributed by atoms with Crippen LogP contribution in [0.4, 0.5) is 5.82 Å². The lowest BCUT2D eigenvalue weighted by molar-refractivity contribution is -0.0544. The van der Waals surface area contributed by atoms with Crippen LogP contribution < -0.4 is 5.73 Å². The van der Waals surface area contributed by atoms with Gasteiger partial charge < -0.3 is 23.4 Å². The van der Waals surface area contributed by atoms with Crippen molar-refractivity contribution >= 4 is 55.7 Å². The SMILES string of the molecule is CCCSS[C@H]1[C@@H]2O[Si](C(C)C)(C(C)C)O[Si](C(C)C)(C(C)C)OC[C@H]2O[C@H]1n1cnc2c(N)ncnc21. The summed E-state index contributed by atoms with van der Waals surface area (Å²) in [5, 5.41) is -0.00557. The van der Waals surface area contributed by atoms with E-state index >= 15 is 0 Å². The van der Waals surface area contributed by atoms with Crippen LogP contribution in [0, 0.1) is 0 Å². The second-order valence-electron chi connectivity index (χ2n) is 11.6. The van der Waals surface area contributed by atoms with E-state index < -0.39 is 17.1 Å². The molecule has 0 saturated carbocycles. The Balaban J connectivity index is 1.81. The third-order valence-corrected chi connectivity index (χ3v) is 21.0. The third-order valence-electron chi connectivity index (χ3n) is 7.74. The highest BCUT2D eigenvalue weighted by atomic mass is 33.1. The minimum atomic E-state index is -2.77. The molecule has 0 spiro atoms. The zero-order chi connectivity index (χ0) is 27.8. The van der Waals surface area contributed by atoms with Crippen LogP contribution in [0.1, 0.15) is 75.0 Å². The topological polar surface area (TPSA) is 107 Å². The van der Waals surface area contributed by atoms with Gasteiger partial charge in [-0.25, -0.2) is 15.0 Å². The minimum absolute atomic E-state index is 0.00557. The van der Waals surface area contributed by atoms with Crippen molar-refractivity contribution in [2.24, 2.45) is 0 Å². The fourth-order valence-corrected chi connectivity index (χ4v) is 20.0. The maximum Gasteiger partial charge on any atom is 0.335 e. The molecule has 2 aromatic rings. The molecule has 2 saturated heterocycles.